The Morgan fingerprint density at radius 1 is 1.60 bits per heavy atom. The first-order chi connectivity index (χ1) is 4.68. The van der Waals surface area contributed by atoms with Gasteiger partial charge in [0.2, 0.25) is 0 Å². The molecule has 1 aliphatic heterocycles. The largest absolute Gasteiger partial charge is 0.330 e. The van der Waals surface area contributed by atoms with Crippen LogP contribution < -0.4 is 16.8 Å². The second kappa shape index (κ2) is 2.86. The fourth-order valence-electron chi connectivity index (χ4n) is 1.53. The number of rotatable bonds is 3. The molecule has 1 fully saturated rings. The molecule has 0 bridgehead atoms. The fraction of sp³-hybridized carbons (Fsp3) is 1.00. The summed E-state index contributed by atoms with van der Waals surface area (Å²) < 4.78 is 0. The summed E-state index contributed by atoms with van der Waals surface area (Å²) in [7, 11) is 0. The molecule has 1 atom stereocenters. The standard InChI is InChI=1S/C7H17N3/c1-6(9)2-7(3-8)4-10-5-7/h6,10H,2-5,8-9H2,1H3. The number of hydrogen-bond acceptors (Lipinski definition) is 3. The molecule has 3 heteroatoms. The van der Waals surface area contributed by atoms with E-state index in [2.05, 4.69) is 5.32 Å². The summed E-state index contributed by atoms with van der Waals surface area (Å²) in [4.78, 5) is 0. The van der Waals surface area contributed by atoms with Crippen LogP contribution in [0.25, 0.3) is 0 Å². The number of nitrogens with one attached hydrogen (secondary N) is 1. The maximum atomic E-state index is 5.68. The van der Waals surface area contributed by atoms with Gasteiger partial charge >= 0.3 is 0 Å². The van der Waals surface area contributed by atoms with E-state index in [1.165, 1.54) is 0 Å². The van der Waals surface area contributed by atoms with Crippen molar-refractivity contribution in [3.8, 4) is 0 Å². The summed E-state index contributed by atoms with van der Waals surface area (Å²) in [5.41, 5.74) is 11.6. The lowest BCUT2D eigenvalue weighted by atomic mass is 9.77. The van der Waals surface area contributed by atoms with E-state index >= 15 is 0 Å². The first kappa shape index (κ1) is 7.98. The first-order valence-corrected chi connectivity index (χ1v) is 3.85. The molecule has 0 radical (unpaired) electrons. The van der Waals surface area contributed by atoms with Crippen molar-refractivity contribution in [2.75, 3.05) is 19.6 Å². The van der Waals surface area contributed by atoms with E-state index < -0.39 is 0 Å². The Morgan fingerprint density at radius 3 is 2.30 bits per heavy atom. The van der Waals surface area contributed by atoms with E-state index in [1.54, 1.807) is 0 Å². The van der Waals surface area contributed by atoms with Gasteiger partial charge in [-0.05, 0) is 13.3 Å². The highest BCUT2D eigenvalue weighted by atomic mass is 15.0. The molecule has 5 N–H and O–H groups in total. The molecule has 10 heavy (non-hydrogen) atoms. The average molecular weight is 143 g/mol. The predicted octanol–water partition coefficient (Wildman–Crippen LogP) is -0.728. The van der Waals surface area contributed by atoms with Gasteiger partial charge in [0.25, 0.3) is 0 Å². The Morgan fingerprint density at radius 2 is 2.20 bits per heavy atom. The van der Waals surface area contributed by atoms with Gasteiger partial charge in [-0.2, -0.15) is 0 Å². The van der Waals surface area contributed by atoms with Crippen molar-refractivity contribution in [2.45, 2.75) is 19.4 Å². The van der Waals surface area contributed by atoms with Crippen LogP contribution in [0, 0.1) is 5.41 Å². The second-order valence-corrected chi connectivity index (χ2v) is 3.49. The van der Waals surface area contributed by atoms with Crippen molar-refractivity contribution in [3.05, 3.63) is 0 Å². The van der Waals surface area contributed by atoms with Gasteiger partial charge in [0.1, 0.15) is 0 Å². The smallest absolute Gasteiger partial charge is 0.00895 e. The van der Waals surface area contributed by atoms with E-state index in [0.717, 1.165) is 26.1 Å². The Bertz CT molecular complexity index is 102. The van der Waals surface area contributed by atoms with Gasteiger partial charge in [0, 0.05) is 31.1 Å². The van der Waals surface area contributed by atoms with Crippen molar-refractivity contribution in [3.63, 3.8) is 0 Å². The minimum Gasteiger partial charge on any atom is -0.330 e. The molecule has 0 spiro atoms. The molecular weight excluding hydrogens is 126 g/mol. The normalized spacial score (nSPS) is 25.5. The van der Waals surface area contributed by atoms with Crippen LogP contribution in [0.4, 0.5) is 0 Å². The minimum absolute atomic E-state index is 0.283. The Labute approximate surface area is 62.2 Å². The molecule has 0 aliphatic carbocycles. The summed E-state index contributed by atoms with van der Waals surface area (Å²) in [6.45, 7) is 4.90. The van der Waals surface area contributed by atoms with Crippen molar-refractivity contribution >= 4 is 0 Å². The predicted molar refractivity (Wildman–Crippen MR) is 42.6 cm³/mol. The number of nitrogens with two attached hydrogens (primary N) is 2. The van der Waals surface area contributed by atoms with Gasteiger partial charge in [-0.25, -0.2) is 0 Å². The topological polar surface area (TPSA) is 64.1 Å². The molecule has 0 aromatic carbocycles. The maximum absolute atomic E-state index is 5.68. The van der Waals surface area contributed by atoms with E-state index in [1.807, 2.05) is 6.92 Å². The maximum Gasteiger partial charge on any atom is 0.00895 e. The zero-order valence-corrected chi connectivity index (χ0v) is 6.56. The number of hydrogen-bond donors (Lipinski definition) is 3. The molecule has 1 unspecified atom stereocenters. The minimum atomic E-state index is 0.283. The molecule has 1 heterocycles. The quantitative estimate of drug-likeness (QED) is 0.488. The molecule has 0 saturated carbocycles. The molecule has 0 aromatic rings. The van der Waals surface area contributed by atoms with Gasteiger partial charge in [-0.1, -0.05) is 0 Å². The zero-order valence-electron chi connectivity index (χ0n) is 6.56. The summed E-state index contributed by atoms with van der Waals surface area (Å²) in [6, 6.07) is 0.283. The van der Waals surface area contributed by atoms with Crippen LogP contribution in [-0.2, 0) is 0 Å². The summed E-state index contributed by atoms with van der Waals surface area (Å²) >= 11 is 0. The molecule has 1 saturated heterocycles. The lowest BCUT2D eigenvalue weighted by Crippen LogP contribution is -2.59. The molecule has 0 aromatic heterocycles. The Balaban J connectivity index is 2.33. The van der Waals surface area contributed by atoms with Crippen LogP contribution in [-0.4, -0.2) is 25.7 Å². The van der Waals surface area contributed by atoms with Gasteiger partial charge in [0.15, 0.2) is 0 Å². The second-order valence-electron chi connectivity index (χ2n) is 3.49. The summed E-state index contributed by atoms with van der Waals surface area (Å²) in [5, 5.41) is 3.22. The van der Waals surface area contributed by atoms with Crippen LogP contribution in [0.1, 0.15) is 13.3 Å². The van der Waals surface area contributed by atoms with Gasteiger partial charge < -0.3 is 16.8 Å². The van der Waals surface area contributed by atoms with Gasteiger partial charge in [0.05, 0.1) is 0 Å². The van der Waals surface area contributed by atoms with Crippen LogP contribution in [0.3, 0.4) is 0 Å². The SMILES string of the molecule is CC(N)CC1(CN)CNC1. The Kier molecular flexibility index (Phi) is 2.28. The van der Waals surface area contributed by atoms with Crippen LogP contribution in [0.2, 0.25) is 0 Å². The van der Waals surface area contributed by atoms with Crippen molar-refractivity contribution in [1.29, 1.82) is 0 Å². The van der Waals surface area contributed by atoms with E-state index in [9.17, 15) is 0 Å². The highest BCUT2D eigenvalue weighted by Gasteiger charge is 2.35. The van der Waals surface area contributed by atoms with Crippen molar-refractivity contribution in [2.24, 2.45) is 16.9 Å². The summed E-state index contributed by atoms with van der Waals surface area (Å²) in [6.07, 6.45) is 1.05. The molecule has 60 valence electrons. The molecule has 1 rings (SSSR count). The third-order valence-corrected chi connectivity index (χ3v) is 2.19. The van der Waals surface area contributed by atoms with E-state index in [-0.39, 0.29) is 6.04 Å². The Hall–Kier alpha value is -0.120. The summed E-state index contributed by atoms with van der Waals surface area (Å²) in [5.74, 6) is 0. The lowest BCUT2D eigenvalue weighted by Gasteiger charge is -2.42. The monoisotopic (exact) mass is 143 g/mol. The lowest BCUT2D eigenvalue weighted by molar-refractivity contribution is 0.153. The zero-order chi connectivity index (χ0) is 7.61. The van der Waals surface area contributed by atoms with Crippen molar-refractivity contribution in [1.82, 2.24) is 5.32 Å². The van der Waals surface area contributed by atoms with Crippen molar-refractivity contribution < 1.29 is 0 Å². The van der Waals surface area contributed by atoms with Gasteiger partial charge in [-0.15, -0.1) is 0 Å². The highest BCUT2D eigenvalue weighted by molar-refractivity contribution is 4.94. The average Bonchev–Trinajstić information content (AvgIpc) is 1.78. The third kappa shape index (κ3) is 1.48. The first-order valence-electron chi connectivity index (χ1n) is 3.85. The van der Waals surface area contributed by atoms with Crippen LogP contribution in [0.15, 0.2) is 0 Å². The highest BCUT2D eigenvalue weighted by Crippen LogP contribution is 2.26. The fourth-order valence-corrected chi connectivity index (χ4v) is 1.53. The van der Waals surface area contributed by atoms with E-state index in [0.29, 0.717) is 5.41 Å². The third-order valence-electron chi connectivity index (χ3n) is 2.19. The van der Waals surface area contributed by atoms with E-state index in [4.69, 9.17) is 11.5 Å². The van der Waals surface area contributed by atoms with Gasteiger partial charge in [-0.3, -0.25) is 0 Å². The molecule has 1 aliphatic rings. The molecule has 0 amide bonds. The molecule has 3 nitrogen and oxygen atoms in total. The molecular formula is C7H17N3. The van der Waals surface area contributed by atoms with Crippen LogP contribution >= 0.6 is 0 Å². The van der Waals surface area contributed by atoms with Crippen LogP contribution in [0.5, 0.6) is 0 Å².